The molecule has 0 amide bonds. The molecule has 2 aliphatic rings. The van der Waals surface area contributed by atoms with E-state index in [-0.39, 0.29) is 21.6 Å². The molecule has 0 radical (unpaired) electrons. The van der Waals surface area contributed by atoms with Gasteiger partial charge in [0.2, 0.25) is 0 Å². The summed E-state index contributed by atoms with van der Waals surface area (Å²) in [6.07, 6.45) is 34.2. The van der Waals surface area contributed by atoms with Crippen LogP contribution in [0.3, 0.4) is 0 Å². The average molecular weight is 1240 g/mol. The molecule has 0 fully saturated rings. The number of hydrogen-bond acceptors (Lipinski definition) is 6. The zero-order valence-electron chi connectivity index (χ0n) is 54.9. The summed E-state index contributed by atoms with van der Waals surface area (Å²) in [5, 5.41) is 0.224. The van der Waals surface area contributed by atoms with Crippen LogP contribution in [0.15, 0.2) is 109 Å². The van der Waals surface area contributed by atoms with E-state index >= 15 is 8.78 Å². The summed E-state index contributed by atoms with van der Waals surface area (Å²) in [7, 11) is 0. The van der Waals surface area contributed by atoms with Crippen molar-refractivity contribution in [1.29, 1.82) is 0 Å². The molecular formula is C80H96F2N6S2. The zero-order chi connectivity index (χ0) is 62.2. The van der Waals surface area contributed by atoms with E-state index in [4.69, 9.17) is 17.5 Å². The molecule has 6 nitrogen and oxygen atoms in total. The lowest BCUT2D eigenvalue weighted by Gasteiger charge is -2.32. The fourth-order valence-electron chi connectivity index (χ4n) is 16.2. The van der Waals surface area contributed by atoms with Crippen LogP contribution in [0.25, 0.3) is 89.2 Å². The SMILES string of the molecule is CCCCCCc1ccc(-n2c(-c3c(F)c4c5nsnc5c(-c5cc6c(n5-c5ccc(CCCCCC)cc5)-c5ccccc5C6(CCCCCC)CCCCCC)c(F)c4c4nsnc34)cc3c2-c2ccccc2C3(CCCCCC)CCCCCC)cc1. The van der Waals surface area contributed by atoms with E-state index in [0.29, 0.717) is 44.6 Å². The maximum Gasteiger partial charge on any atom is 0.145 e. The fraction of sp³-hybridized carbons (Fsp3) is 0.475. The monoisotopic (exact) mass is 1240 g/mol. The van der Waals surface area contributed by atoms with Crippen LogP contribution in [0, 0.1) is 11.6 Å². The van der Waals surface area contributed by atoms with E-state index in [0.717, 1.165) is 123 Å². The van der Waals surface area contributed by atoms with Crippen LogP contribution < -0.4 is 0 Å². The summed E-state index contributed by atoms with van der Waals surface area (Å²) >= 11 is 2.06. The lowest BCUT2D eigenvalue weighted by atomic mass is 9.71. The van der Waals surface area contributed by atoms with Crippen LogP contribution in [0.2, 0.25) is 0 Å². The quantitative estimate of drug-likeness (QED) is 0.0377. The van der Waals surface area contributed by atoms with E-state index in [2.05, 4.69) is 160 Å². The van der Waals surface area contributed by atoms with Crippen molar-refractivity contribution in [3.63, 3.8) is 0 Å². The van der Waals surface area contributed by atoms with Gasteiger partial charge in [-0.05, 0) is 121 Å². The number of nitrogens with zero attached hydrogens (tertiary/aromatic N) is 6. The van der Waals surface area contributed by atoms with Crippen molar-refractivity contribution in [3.8, 4) is 56.4 Å². The first-order valence-corrected chi connectivity index (χ1v) is 36.9. The van der Waals surface area contributed by atoms with Crippen molar-refractivity contribution in [2.75, 3.05) is 0 Å². The van der Waals surface area contributed by atoms with Gasteiger partial charge in [0.05, 0.1) is 68.1 Å². The van der Waals surface area contributed by atoms with Gasteiger partial charge in [-0.1, -0.05) is 256 Å². The first kappa shape index (κ1) is 63.8. The van der Waals surface area contributed by atoms with Gasteiger partial charge in [-0.25, -0.2) is 8.78 Å². The predicted octanol–water partition coefficient (Wildman–Crippen LogP) is 24.7. The fourth-order valence-corrected chi connectivity index (χ4v) is 17.3. The van der Waals surface area contributed by atoms with Gasteiger partial charge in [0.1, 0.15) is 33.7 Å². The Labute approximate surface area is 544 Å². The van der Waals surface area contributed by atoms with Gasteiger partial charge >= 0.3 is 0 Å². The van der Waals surface area contributed by atoms with Crippen LogP contribution in [0.1, 0.15) is 255 Å². The van der Waals surface area contributed by atoms with Crippen LogP contribution in [0.5, 0.6) is 0 Å². The minimum Gasteiger partial charge on any atom is -0.309 e. The number of rotatable bonds is 34. The molecule has 4 heterocycles. The molecule has 0 unspecified atom stereocenters. The van der Waals surface area contributed by atoms with Crippen molar-refractivity contribution in [1.82, 2.24) is 26.6 Å². The summed E-state index contributed by atoms with van der Waals surface area (Å²) in [6, 6.07) is 40.8. The second-order valence-corrected chi connectivity index (χ2v) is 27.8. The Bertz CT molecular complexity index is 3760. The molecule has 0 saturated carbocycles. The Kier molecular flexibility index (Phi) is 20.6. The molecule has 2 aliphatic carbocycles. The van der Waals surface area contributed by atoms with Gasteiger partial charge in [0.15, 0.2) is 0 Å². The van der Waals surface area contributed by atoms with E-state index in [1.165, 1.54) is 160 Å². The predicted molar refractivity (Wildman–Crippen MR) is 378 cm³/mol. The van der Waals surface area contributed by atoms with Crippen LogP contribution in [-0.4, -0.2) is 26.6 Å². The molecule has 90 heavy (non-hydrogen) atoms. The van der Waals surface area contributed by atoms with Gasteiger partial charge in [0.25, 0.3) is 0 Å². The molecular weight excluding hydrogens is 1150 g/mol. The van der Waals surface area contributed by atoms with Gasteiger partial charge in [-0.3, -0.25) is 0 Å². The largest absolute Gasteiger partial charge is 0.309 e. The van der Waals surface area contributed by atoms with E-state index in [9.17, 15) is 0 Å². The minimum atomic E-state index is -0.539. The lowest BCUT2D eigenvalue weighted by molar-refractivity contribution is 0.401. The van der Waals surface area contributed by atoms with Gasteiger partial charge in [-0.2, -0.15) is 17.5 Å². The molecule has 4 aromatic heterocycles. The summed E-state index contributed by atoms with van der Waals surface area (Å²) < 4.78 is 63.9. The summed E-state index contributed by atoms with van der Waals surface area (Å²) in [6.45, 7) is 13.7. The van der Waals surface area contributed by atoms with Crippen LogP contribution in [-0.2, 0) is 23.7 Å². The molecule has 0 atom stereocenters. The molecule has 0 bridgehead atoms. The number of aromatic nitrogens is 6. The lowest BCUT2D eigenvalue weighted by Crippen LogP contribution is -2.25. The Balaban J connectivity index is 1.10. The molecule has 10 aromatic rings. The number of hydrogen-bond donors (Lipinski definition) is 0. The van der Waals surface area contributed by atoms with Crippen molar-refractivity contribution >= 4 is 56.3 Å². The molecule has 472 valence electrons. The second kappa shape index (κ2) is 29.1. The number of halogens is 2. The second-order valence-electron chi connectivity index (χ2n) is 26.8. The topological polar surface area (TPSA) is 61.4 Å². The third kappa shape index (κ3) is 11.9. The van der Waals surface area contributed by atoms with Crippen molar-refractivity contribution in [3.05, 3.63) is 154 Å². The smallest absolute Gasteiger partial charge is 0.145 e. The van der Waals surface area contributed by atoms with Crippen LogP contribution >= 0.6 is 23.5 Å². The Hall–Kier alpha value is -6.36. The van der Waals surface area contributed by atoms with Gasteiger partial charge in [0, 0.05) is 33.3 Å². The van der Waals surface area contributed by atoms with Gasteiger partial charge < -0.3 is 9.13 Å². The molecule has 12 rings (SSSR count). The first-order chi connectivity index (χ1) is 44.3. The minimum absolute atomic E-state index is 0.112. The number of benzene rings is 6. The highest BCUT2D eigenvalue weighted by Gasteiger charge is 2.48. The summed E-state index contributed by atoms with van der Waals surface area (Å²) in [4.78, 5) is 0. The van der Waals surface area contributed by atoms with Gasteiger partial charge in [-0.15, -0.1) is 0 Å². The molecule has 0 spiro atoms. The maximum atomic E-state index is 19.5. The zero-order valence-corrected chi connectivity index (χ0v) is 56.5. The van der Waals surface area contributed by atoms with Crippen molar-refractivity contribution in [2.45, 2.75) is 245 Å². The summed E-state index contributed by atoms with van der Waals surface area (Å²) in [5.74, 6) is -1.08. The van der Waals surface area contributed by atoms with E-state index in [1.807, 2.05) is 0 Å². The Morgan fingerprint density at radius 3 is 1.02 bits per heavy atom. The van der Waals surface area contributed by atoms with Crippen LogP contribution in [0.4, 0.5) is 8.78 Å². The highest BCUT2D eigenvalue weighted by molar-refractivity contribution is 7.00. The molecule has 0 N–H and O–H groups in total. The maximum absolute atomic E-state index is 19.5. The number of fused-ring (bicyclic) bond motifs is 11. The Morgan fingerprint density at radius 2 is 0.678 bits per heavy atom. The van der Waals surface area contributed by atoms with Crippen molar-refractivity contribution in [2.24, 2.45) is 0 Å². The normalized spacial score (nSPS) is 13.7. The molecule has 10 heteroatoms. The average Bonchev–Trinajstić information content (AvgIpc) is 1.46. The van der Waals surface area contributed by atoms with E-state index in [1.54, 1.807) is 0 Å². The van der Waals surface area contributed by atoms with E-state index < -0.39 is 11.6 Å². The third-order valence-corrected chi connectivity index (χ3v) is 21.9. The molecule has 0 saturated heterocycles. The highest BCUT2D eigenvalue weighted by atomic mass is 32.1. The number of aryl methyl sites for hydroxylation is 2. The Morgan fingerprint density at radius 1 is 0.356 bits per heavy atom. The summed E-state index contributed by atoms with van der Waals surface area (Å²) in [5.41, 5.74) is 17.4. The molecule has 6 aromatic carbocycles. The number of unbranched alkanes of at least 4 members (excludes halogenated alkanes) is 18. The third-order valence-electron chi connectivity index (χ3n) is 20.8. The highest BCUT2D eigenvalue weighted by Crippen LogP contribution is 2.60. The standard InChI is InChI=1S/C80H96F2N6S2/c1-7-13-19-25-35-55-41-45-57(46-42-55)87-65(53-63-77(87)59-37-27-29-39-61(59)79(63,49-31-21-15-9-3)50-32-22-16-10-4)67-71(81)69-70(75-73(67)83-89-85-75)72(82)68(74-76(69)86-90-84-74)66-54-64-78(88(66)58-47-43-56(44-48-58)36-26-20-14-8-2)60-38-28-30-40-62(60)80(64,51-33-23-17-11-5)52-34-24-18-12-6/h27-30,37-48,53-54H,7-26,31-36,49-52H2,1-6H3. The molecule has 0 aliphatic heterocycles. The van der Waals surface area contributed by atoms with Crippen molar-refractivity contribution < 1.29 is 8.78 Å². The first-order valence-electron chi connectivity index (χ1n) is 35.4.